The van der Waals surface area contributed by atoms with Crippen LogP contribution in [-0.2, 0) is 0 Å². The van der Waals surface area contributed by atoms with Crippen molar-refractivity contribution in [3.63, 3.8) is 0 Å². The Kier molecular flexibility index (Phi) is 3.70. The quantitative estimate of drug-likeness (QED) is 0.780. The third kappa shape index (κ3) is 2.85. The van der Waals surface area contributed by atoms with Gasteiger partial charge in [0.1, 0.15) is 0 Å². The van der Waals surface area contributed by atoms with Crippen LogP contribution in [0.1, 0.15) is 42.9 Å². The lowest BCUT2D eigenvalue weighted by Crippen LogP contribution is -2.17. The van der Waals surface area contributed by atoms with Gasteiger partial charge in [-0.3, -0.25) is 0 Å². The average molecular weight is 191 g/mol. The first-order valence-corrected chi connectivity index (χ1v) is 5.33. The molecule has 14 heavy (non-hydrogen) atoms. The van der Waals surface area contributed by atoms with Gasteiger partial charge < -0.3 is 5.73 Å². The first-order chi connectivity index (χ1) is 6.50. The molecule has 0 heterocycles. The summed E-state index contributed by atoms with van der Waals surface area (Å²) >= 11 is 0. The van der Waals surface area contributed by atoms with Crippen molar-refractivity contribution < 1.29 is 0 Å². The first kappa shape index (κ1) is 11.3. The molecular formula is C13H21N. The molecule has 1 heteroatoms. The van der Waals surface area contributed by atoms with Crippen molar-refractivity contribution >= 4 is 0 Å². The van der Waals surface area contributed by atoms with Gasteiger partial charge in [-0.1, -0.05) is 30.7 Å². The molecule has 0 aliphatic rings. The van der Waals surface area contributed by atoms with Gasteiger partial charge in [-0.05, 0) is 44.2 Å². The third-order valence-electron chi connectivity index (χ3n) is 2.69. The van der Waals surface area contributed by atoms with Gasteiger partial charge in [-0.15, -0.1) is 0 Å². The molecular weight excluding hydrogens is 170 g/mol. The summed E-state index contributed by atoms with van der Waals surface area (Å²) in [6.07, 6.45) is 1.06. The third-order valence-corrected chi connectivity index (χ3v) is 2.69. The van der Waals surface area contributed by atoms with Gasteiger partial charge in [-0.25, -0.2) is 0 Å². The molecule has 1 aromatic carbocycles. The summed E-state index contributed by atoms with van der Waals surface area (Å²) in [5.74, 6) is 0.565. The summed E-state index contributed by atoms with van der Waals surface area (Å²) in [4.78, 5) is 0. The number of nitrogens with two attached hydrogens (primary N) is 1. The number of benzene rings is 1. The van der Waals surface area contributed by atoms with Gasteiger partial charge in [0.25, 0.3) is 0 Å². The highest BCUT2D eigenvalue weighted by atomic mass is 14.6. The summed E-state index contributed by atoms with van der Waals surface area (Å²) in [7, 11) is 0. The highest BCUT2D eigenvalue weighted by molar-refractivity contribution is 5.33. The monoisotopic (exact) mass is 191 g/mol. The Bertz CT molecular complexity index is 302. The fraction of sp³-hybridized carbons (Fsp3) is 0.538. The van der Waals surface area contributed by atoms with E-state index >= 15 is 0 Å². The lowest BCUT2D eigenvalue weighted by atomic mass is 9.90. The SMILES string of the molecule is Cc1ccc(C)c(C(C)CC(C)N)c1. The normalized spacial score (nSPS) is 15.2. The standard InChI is InChI=1S/C13H21N/c1-9-5-6-10(2)13(7-9)11(3)8-12(4)14/h5-7,11-12H,8,14H2,1-4H3. The fourth-order valence-electron chi connectivity index (χ4n) is 1.98. The lowest BCUT2D eigenvalue weighted by Gasteiger charge is -2.17. The van der Waals surface area contributed by atoms with Gasteiger partial charge >= 0.3 is 0 Å². The highest BCUT2D eigenvalue weighted by Gasteiger charge is 2.10. The van der Waals surface area contributed by atoms with E-state index < -0.39 is 0 Å². The van der Waals surface area contributed by atoms with Crippen molar-refractivity contribution in [2.45, 2.75) is 46.1 Å². The summed E-state index contributed by atoms with van der Waals surface area (Å²) in [5, 5.41) is 0. The summed E-state index contributed by atoms with van der Waals surface area (Å²) < 4.78 is 0. The van der Waals surface area contributed by atoms with Gasteiger partial charge in [0.2, 0.25) is 0 Å². The Morgan fingerprint density at radius 1 is 1.21 bits per heavy atom. The minimum absolute atomic E-state index is 0.282. The second-order valence-corrected chi connectivity index (χ2v) is 4.47. The Balaban J connectivity index is 2.88. The largest absolute Gasteiger partial charge is 0.328 e. The molecule has 0 fully saturated rings. The second-order valence-electron chi connectivity index (χ2n) is 4.47. The van der Waals surface area contributed by atoms with Crippen LogP contribution < -0.4 is 5.73 Å². The van der Waals surface area contributed by atoms with Crippen LogP contribution in [0.5, 0.6) is 0 Å². The fourth-order valence-corrected chi connectivity index (χ4v) is 1.98. The van der Waals surface area contributed by atoms with Gasteiger partial charge in [0.05, 0.1) is 0 Å². The predicted octanol–water partition coefficient (Wildman–Crippen LogP) is 3.14. The minimum atomic E-state index is 0.282. The number of hydrogen-bond acceptors (Lipinski definition) is 1. The van der Waals surface area contributed by atoms with Gasteiger partial charge in [0.15, 0.2) is 0 Å². The van der Waals surface area contributed by atoms with Crippen LogP contribution >= 0.6 is 0 Å². The zero-order valence-corrected chi connectivity index (χ0v) is 9.67. The Morgan fingerprint density at radius 2 is 1.86 bits per heavy atom. The minimum Gasteiger partial charge on any atom is -0.328 e. The van der Waals surface area contributed by atoms with E-state index in [1.54, 1.807) is 0 Å². The molecule has 2 atom stereocenters. The van der Waals surface area contributed by atoms with Crippen LogP contribution in [0.3, 0.4) is 0 Å². The van der Waals surface area contributed by atoms with Crippen molar-refractivity contribution in [1.82, 2.24) is 0 Å². The van der Waals surface area contributed by atoms with E-state index in [1.165, 1.54) is 16.7 Å². The van der Waals surface area contributed by atoms with Crippen LogP contribution in [0.4, 0.5) is 0 Å². The summed E-state index contributed by atoms with van der Waals surface area (Å²) in [5.41, 5.74) is 9.98. The van der Waals surface area contributed by atoms with E-state index in [2.05, 4.69) is 45.9 Å². The van der Waals surface area contributed by atoms with E-state index in [0.717, 1.165) is 6.42 Å². The molecule has 1 rings (SSSR count). The van der Waals surface area contributed by atoms with E-state index in [0.29, 0.717) is 5.92 Å². The van der Waals surface area contributed by atoms with Crippen molar-refractivity contribution in [3.8, 4) is 0 Å². The zero-order valence-electron chi connectivity index (χ0n) is 9.67. The smallest absolute Gasteiger partial charge is 0.00162 e. The molecule has 0 radical (unpaired) electrons. The van der Waals surface area contributed by atoms with Crippen LogP contribution in [0, 0.1) is 13.8 Å². The maximum atomic E-state index is 5.82. The van der Waals surface area contributed by atoms with Crippen LogP contribution in [-0.4, -0.2) is 6.04 Å². The molecule has 1 aromatic rings. The van der Waals surface area contributed by atoms with Crippen molar-refractivity contribution in [2.24, 2.45) is 5.73 Å². The summed E-state index contributed by atoms with van der Waals surface area (Å²) in [6.45, 7) is 8.64. The zero-order chi connectivity index (χ0) is 10.7. The van der Waals surface area contributed by atoms with Gasteiger partial charge in [-0.2, -0.15) is 0 Å². The summed E-state index contributed by atoms with van der Waals surface area (Å²) in [6, 6.07) is 6.92. The van der Waals surface area contributed by atoms with Crippen LogP contribution in [0.2, 0.25) is 0 Å². The molecule has 1 nitrogen and oxygen atoms in total. The van der Waals surface area contributed by atoms with Crippen LogP contribution in [0.25, 0.3) is 0 Å². The number of aryl methyl sites for hydroxylation is 2. The second kappa shape index (κ2) is 4.61. The van der Waals surface area contributed by atoms with E-state index in [1.807, 2.05) is 0 Å². The molecule has 2 unspecified atom stereocenters. The Labute approximate surface area is 87.3 Å². The van der Waals surface area contributed by atoms with Crippen molar-refractivity contribution in [1.29, 1.82) is 0 Å². The lowest BCUT2D eigenvalue weighted by molar-refractivity contribution is 0.584. The molecule has 0 spiro atoms. The average Bonchev–Trinajstić information content (AvgIpc) is 2.08. The van der Waals surface area contributed by atoms with E-state index in [9.17, 15) is 0 Å². The van der Waals surface area contributed by atoms with Gasteiger partial charge in [0, 0.05) is 6.04 Å². The molecule has 0 aliphatic heterocycles. The van der Waals surface area contributed by atoms with Crippen molar-refractivity contribution in [2.75, 3.05) is 0 Å². The Morgan fingerprint density at radius 3 is 2.43 bits per heavy atom. The maximum Gasteiger partial charge on any atom is 0.00162 e. The molecule has 0 saturated heterocycles. The molecule has 0 amide bonds. The maximum absolute atomic E-state index is 5.82. The molecule has 0 aliphatic carbocycles. The predicted molar refractivity (Wildman–Crippen MR) is 62.6 cm³/mol. The van der Waals surface area contributed by atoms with Crippen LogP contribution in [0.15, 0.2) is 18.2 Å². The number of rotatable bonds is 3. The first-order valence-electron chi connectivity index (χ1n) is 5.33. The van der Waals surface area contributed by atoms with E-state index in [-0.39, 0.29) is 6.04 Å². The number of hydrogen-bond donors (Lipinski definition) is 1. The molecule has 2 N–H and O–H groups in total. The molecule has 0 saturated carbocycles. The van der Waals surface area contributed by atoms with Crippen molar-refractivity contribution in [3.05, 3.63) is 34.9 Å². The molecule has 0 bridgehead atoms. The topological polar surface area (TPSA) is 26.0 Å². The van der Waals surface area contributed by atoms with E-state index in [4.69, 9.17) is 5.73 Å². The molecule has 78 valence electrons. The Hall–Kier alpha value is -0.820. The molecule has 0 aromatic heterocycles. The highest BCUT2D eigenvalue weighted by Crippen LogP contribution is 2.24.